The van der Waals surface area contributed by atoms with E-state index < -0.39 is 24.3 Å². The first-order valence-electron chi connectivity index (χ1n) is 34.9. The van der Waals surface area contributed by atoms with Crippen LogP contribution in [-0.2, 0) is 33.3 Å². The molecule has 500 valence electrons. The van der Waals surface area contributed by atoms with E-state index in [4.69, 9.17) is 18.9 Å². The van der Waals surface area contributed by atoms with Crippen LogP contribution in [0.15, 0.2) is 182 Å². The average Bonchev–Trinajstić information content (AvgIpc) is 3.64. The van der Waals surface area contributed by atoms with Gasteiger partial charge in [-0.3, -0.25) is 9.59 Å². The van der Waals surface area contributed by atoms with Crippen molar-refractivity contribution in [3.63, 3.8) is 0 Å². The van der Waals surface area contributed by atoms with Crippen molar-refractivity contribution in [2.24, 2.45) is 0 Å². The molecule has 9 heteroatoms. The number of unbranched alkanes of at least 4 members (excludes halogenated alkanes) is 17. The van der Waals surface area contributed by atoms with Crippen molar-refractivity contribution in [1.29, 1.82) is 0 Å². The summed E-state index contributed by atoms with van der Waals surface area (Å²) in [7, 11) is 5.95. The summed E-state index contributed by atoms with van der Waals surface area (Å²) in [6, 6.07) is 0. The molecule has 0 aromatic carbocycles. The minimum Gasteiger partial charge on any atom is -0.477 e. The van der Waals surface area contributed by atoms with Gasteiger partial charge in [0.05, 0.1) is 34.4 Å². The summed E-state index contributed by atoms with van der Waals surface area (Å²) in [5.74, 6) is -2.07. The lowest BCUT2D eigenvalue weighted by atomic mass is 10.1. The standard InChI is InChI=1S/C80H127NO8/c1-6-8-10-12-14-16-18-20-22-24-26-28-30-31-32-33-34-35-36-37-38-39-40-41-42-43-44-45-46-47-49-51-53-55-57-59-61-63-65-67-69-71-78(83)89-76(75-88-80(79(84)85)86-73-72-81(3,4)5)74-87-77(82)70-68-66-64-62-60-58-56-54-52-50-48-29-27-25-23-21-19-17-15-13-11-9-7-2/h8,10,14,16,19-22,25-28,31-32,34-35,37-38,40-41,43-44,46-48,50-51,53,57,59,76,80H,6-7,9,11-13,15,17-18,23-24,29-30,33,36,39,42,45,49,52,54-56,58,60-75H2,1-5H3/p+1/b10-8-,16-14-,21-19-,22-20-,27-25-,28-26-,32-31-,35-34-,38-37-,41-40-,44-43-,47-46-,50-48-,53-51-,59-57-. The fourth-order valence-electron chi connectivity index (χ4n) is 8.82. The second-order valence-electron chi connectivity index (χ2n) is 23.7. The normalized spacial score (nSPS) is 13.9. The van der Waals surface area contributed by atoms with Crippen molar-refractivity contribution in [2.45, 2.75) is 257 Å². The lowest BCUT2D eigenvalue weighted by Gasteiger charge is -2.25. The number of carbonyl (C=O) groups excluding carboxylic acids is 2. The Balaban J connectivity index is 4.27. The van der Waals surface area contributed by atoms with E-state index in [1.165, 1.54) is 64.2 Å². The number of likely N-dealkylation sites (N-methyl/N-ethyl adjacent to an activating group) is 1. The first kappa shape index (κ1) is 83.4. The number of carbonyl (C=O) groups is 3. The number of aliphatic carboxylic acids is 1. The molecular weight excluding hydrogens is 1100 g/mol. The van der Waals surface area contributed by atoms with Crippen LogP contribution in [0, 0.1) is 0 Å². The summed E-state index contributed by atoms with van der Waals surface area (Å²) in [5, 5.41) is 9.74. The van der Waals surface area contributed by atoms with Gasteiger partial charge in [-0.25, -0.2) is 4.79 Å². The molecule has 0 aliphatic rings. The summed E-state index contributed by atoms with van der Waals surface area (Å²) in [6.07, 6.45) is 101. The van der Waals surface area contributed by atoms with E-state index in [0.29, 0.717) is 17.4 Å². The Bertz CT molecular complexity index is 2120. The Morgan fingerprint density at radius 2 is 0.640 bits per heavy atom. The van der Waals surface area contributed by atoms with Gasteiger partial charge in [-0.2, -0.15) is 0 Å². The molecule has 1 N–H and O–H groups in total. The number of hydrogen-bond donors (Lipinski definition) is 1. The number of rotatable bonds is 62. The number of esters is 2. The van der Waals surface area contributed by atoms with Crippen LogP contribution in [0.25, 0.3) is 0 Å². The highest BCUT2D eigenvalue weighted by Gasteiger charge is 2.25. The van der Waals surface area contributed by atoms with Gasteiger partial charge in [-0.1, -0.05) is 273 Å². The quantitative estimate of drug-likeness (QED) is 0.0211. The maximum Gasteiger partial charge on any atom is 0.361 e. The second-order valence-corrected chi connectivity index (χ2v) is 23.7. The number of carboxylic acids is 1. The maximum absolute atomic E-state index is 12.9. The number of ether oxygens (including phenoxy) is 4. The molecule has 0 amide bonds. The van der Waals surface area contributed by atoms with E-state index in [9.17, 15) is 19.5 Å². The zero-order chi connectivity index (χ0) is 64.7. The SMILES string of the molecule is CC/C=C\C/C=C\C/C=C\C/C=C\C/C=C\C/C=C\C/C=C\C/C=C\C/C=C\C/C=C\C/C=C\C/C=C\CCCCCCC(=O)OC(COC(=O)CCCCCCCCCC/C=C\C/C=C\C/C=C\CCCCCCC)COC(OCC[N+](C)(C)C)C(=O)O. The Kier molecular flexibility index (Phi) is 64.0. The Hall–Kier alpha value is -5.61. The molecule has 9 nitrogen and oxygen atoms in total. The molecule has 2 atom stereocenters. The predicted molar refractivity (Wildman–Crippen MR) is 382 cm³/mol. The van der Waals surface area contributed by atoms with Crippen molar-refractivity contribution in [3.8, 4) is 0 Å². The van der Waals surface area contributed by atoms with E-state index in [0.717, 1.165) is 148 Å². The lowest BCUT2D eigenvalue weighted by Crippen LogP contribution is -2.40. The van der Waals surface area contributed by atoms with Crippen LogP contribution >= 0.6 is 0 Å². The molecule has 0 aliphatic heterocycles. The summed E-state index contributed by atoms with van der Waals surface area (Å²) in [4.78, 5) is 37.6. The number of quaternary nitrogens is 1. The van der Waals surface area contributed by atoms with Crippen LogP contribution in [0.4, 0.5) is 0 Å². The van der Waals surface area contributed by atoms with Gasteiger partial charge in [0.1, 0.15) is 13.2 Å². The number of nitrogens with zero attached hydrogens (tertiary/aromatic N) is 1. The molecule has 0 radical (unpaired) electrons. The Morgan fingerprint density at radius 3 is 0.955 bits per heavy atom. The minimum absolute atomic E-state index is 0.171. The summed E-state index contributed by atoms with van der Waals surface area (Å²) < 4.78 is 22.9. The minimum atomic E-state index is -1.53. The highest BCUT2D eigenvalue weighted by molar-refractivity contribution is 5.71. The van der Waals surface area contributed by atoms with Crippen LogP contribution in [0.1, 0.15) is 245 Å². The molecule has 0 fully saturated rings. The van der Waals surface area contributed by atoms with E-state index in [1.807, 2.05) is 21.1 Å². The van der Waals surface area contributed by atoms with Crippen LogP contribution < -0.4 is 0 Å². The monoisotopic (exact) mass is 1230 g/mol. The smallest absolute Gasteiger partial charge is 0.361 e. The first-order valence-corrected chi connectivity index (χ1v) is 34.9. The van der Waals surface area contributed by atoms with Gasteiger partial charge in [0, 0.05) is 12.8 Å². The topological polar surface area (TPSA) is 108 Å². The van der Waals surface area contributed by atoms with Gasteiger partial charge >= 0.3 is 17.9 Å². The predicted octanol–water partition coefficient (Wildman–Crippen LogP) is 22.0. The van der Waals surface area contributed by atoms with Crippen LogP contribution in [0.2, 0.25) is 0 Å². The van der Waals surface area contributed by atoms with Crippen molar-refractivity contribution in [1.82, 2.24) is 0 Å². The molecule has 0 aromatic heterocycles. The highest BCUT2D eigenvalue weighted by Crippen LogP contribution is 2.14. The van der Waals surface area contributed by atoms with Crippen LogP contribution in [-0.4, -0.2) is 87.4 Å². The zero-order valence-corrected chi connectivity index (χ0v) is 57.0. The third-order valence-electron chi connectivity index (χ3n) is 14.1. The fraction of sp³-hybridized carbons (Fsp3) is 0.588. The molecule has 0 aliphatic carbocycles. The van der Waals surface area contributed by atoms with E-state index in [2.05, 4.69) is 196 Å². The van der Waals surface area contributed by atoms with Crippen molar-refractivity contribution in [2.75, 3.05) is 47.5 Å². The van der Waals surface area contributed by atoms with Crippen molar-refractivity contribution in [3.05, 3.63) is 182 Å². The largest absolute Gasteiger partial charge is 0.477 e. The molecule has 2 unspecified atom stereocenters. The van der Waals surface area contributed by atoms with Gasteiger partial charge in [0.25, 0.3) is 6.29 Å². The van der Waals surface area contributed by atoms with E-state index >= 15 is 0 Å². The molecule has 0 bridgehead atoms. The molecule has 0 aromatic rings. The average molecular weight is 1230 g/mol. The molecule has 0 saturated carbocycles. The zero-order valence-electron chi connectivity index (χ0n) is 57.0. The number of allylic oxidation sites excluding steroid dienone is 30. The molecule has 0 heterocycles. The van der Waals surface area contributed by atoms with Gasteiger partial charge in [-0.15, -0.1) is 0 Å². The molecule has 0 spiro atoms. The molecule has 0 saturated heterocycles. The molecule has 89 heavy (non-hydrogen) atoms. The van der Waals surface area contributed by atoms with Crippen molar-refractivity contribution >= 4 is 17.9 Å². The number of carboxylic acid groups (broad SMARTS) is 1. The summed E-state index contributed by atoms with van der Waals surface area (Å²) in [5.41, 5.74) is 0. The third-order valence-corrected chi connectivity index (χ3v) is 14.1. The molecule has 0 rings (SSSR count). The summed E-state index contributed by atoms with van der Waals surface area (Å²) >= 11 is 0. The Morgan fingerprint density at radius 1 is 0.348 bits per heavy atom. The van der Waals surface area contributed by atoms with Crippen molar-refractivity contribution < 1.29 is 42.9 Å². The summed E-state index contributed by atoms with van der Waals surface area (Å²) in [6.45, 7) is 4.69. The molecular formula is C80H128NO8+. The maximum atomic E-state index is 12.9. The van der Waals surface area contributed by atoms with E-state index in [-0.39, 0.29) is 38.6 Å². The number of hydrogen-bond acceptors (Lipinski definition) is 7. The van der Waals surface area contributed by atoms with Gasteiger partial charge in [0.2, 0.25) is 0 Å². The van der Waals surface area contributed by atoms with Gasteiger partial charge in [0.15, 0.2) is 6.10 Å². The fourth-order valence-corrected chi connectivity index (χ4v) is 8.82. The van der Waals surface area contributed by atoms with E-state index in [1.54, 1.807) is 0 Å². The first-order chi connectivity index (χ1) is 43.6. The lowest BCUT2D eigenvalue weighted by molar-refractivity contribution is -0.870. The third kappa shape index (κ3) is 69.7. The van der Waals surface area contributed by atoms with Crippen LogP contribution in [0.3, 0.4) is 0 Å². The van der Waals surface area contributed by atoms with Gasteiger partial charge in [-0.05, 0) is 141 Å². The van der Waals surface area contributed by atoms with Crippen LogP contribution in [0.5, 0.6) is 0 Å². The second kappa shape index (κ2) is 68.3. The highest BCUT2D eigenvalue weighted by atomic mass is 16.7. The van der Waals surface area contributed by atoms with Gasteiger partial charge < -0.3 is 28.5 Å². The Labute approximate surface area is 545 Å².